The minimum atomic E-state index is -2.50. The van der Waals surface area contributed by atoms with Crippen molar-refractivity contribution in [1.29, 1.82) is 0 Å². The van der Waals surface area contributed by atoms with E-state index < -0.39 is 24.3 Å². The van der Waals surface area contributed by atoms with Gasteiger partial charge in [-0.2, -0.15) is 0 Å². The Morgan fingerprint density at radius 3 is 2.52 bits per heavy atom. The van der Waals surface area contributed by atoms with Crippen LogP contribution in [0.5, 0.6) is 0 Å². The van der Waals surface area contributed by atoms with Crippen LogP contribution < -0.4 is 5.56 Å². The molecule has 0 aliphatic rings. The molecule has 0 saturated heterocycles. The van der Waals surface area contributed by atoms with E-state index in [9.17, 15) is 18.4 Å². The summed E-state index contributed by atoms with van der Waals surface area (Å²) in [7, 11) is 3.00. The van der Waals surface area contributed by atoms with Gasteiger partial charge in [0, 0.05) is 35.4 Å². The van der Waals surface area contributed by atoms with Crippen LogP contribution in [0.2, 0.25) is 10.0 Å². The number of ketones is 1. The first-order valence-corrected chi connectivity index (χ1v) is 8.13. The number of carbonyl (C=O) groups is 1. The minimum absolute atomic E-state index is 0.0152. The van der Waals surface area contributed by atoms with Crippen molar-refractivity contribution in [3.05, 3.63) is 54.9 Å². The molecule has 1 heterocycles. The molecule has 25 heavy (non-hydrogen) atoms. The molecule has 2 aromatic rings. The highest BCUT2D eigenvalue weighted by Crippen LogP contribution is 2.30. The first kappa shape index (κ1) is 19.6. The van der Waals surface area contributed by atoms with Gasteiger partial charge in [0.1, 0.15) is 5.56 Å². The Morgan fingerprint density at radius 1 is 1.36 bits per heavy atom. The average molecular weight is 392 g/mol. The lowest BCUT2D eigenvalue weighted by atomic mass is 10.0. The lowest BCUT2D eigenvalue weighted by Gasteiger charge is -2.19. The Morgan fingerprint density at radius 2 is 2.00 bits per heavy atom. The summed E-state index contributed by atoms with van der Waals surface area (Å²) in [4.78, 5) is 26.2. The fourth-order valence-electron chi connectivity index (χ4n) is 2.58. The Kier molecular flexibility index (Phi) is 6.03. The molecule has 0 fully saturated rings. The highest BCUT2D eigenvalue weighted by molar-refractivity contribution is 6.38. The molecule has 5 nitrogen and oxygen atoms in total. The number of alkyl halides is 2. The number of hydrogen-bond donors (Lipinski definition) is 1. The maximum absolute atomic E-state index is 12.8. The number of halogens is 4. The third-order valence-electron chi connectivity index (χ3n) is 3.76. The fourth-order valence-corrected chi connectivity index (χ4v) is 3.15. The molecule has 0 atom stereocenters. The van der Waals surface area contributed by atoms with E-state index in [1.54, 1.807) is 6.92 Å². The Balaban J connectivity index is 2.45. The number of aromatic nitrogens is 2. The van der Waals surface area contributed by atoms with Crippen LogP contribution in [0, 0.1) is 6.92 Å². The third kappa shape index (κ3) is 4.11. The van der Waals surface area contributed by atoms with Crippen LogP contribution in [-0.2, 0) is 13.6 Å². The molecule has 0 saturated carbocycles. The number of hydrogen-bond acceptors (Lipinski definition) is 3. The number of nitrogens with one attached hydrogen (secondary N) is 1. The van der Waals surface area contributed by atoms with Gasteiger partial charge in [-0.15, -0.1) is 0 Å². The van der Waals surface area contributed by atoms with E-state index in [4.69, 9.17) is 23.2 Å². The fraction of sp³-hybridized carbons (Fsp3) is 0.375. The largest absolute Gasteiger partial charge is 0.299 e. The lowest BCUT2D eigenvalue weighted by Crippen LogP contribution is -2.25. The van der Waals surface area contributed by atoms with Crippen molar-refractivity contribution in [1.82, 2.24) is 14.7 Å². The standard InChI is InChI=1S/C16H17Cl2F2N3O2/c1-8-13(16(25)23(3)21-8)15(24)9-4-5-11(17)10(14(9)18)6-22(2)7-12(19)20/h4-5,12,21H,6-7H2,1-3H3. The molecule has 2 rings (SSSR count). The van der Waals surface area contributed by atoms with Crippen LogP contribution in [0.4, 0.5) is 8.78 Å². The van der Waals surface area contributed by atoms with Crippen molar-refractivity contribution in [3.63, 3.8) is 0 Å². The highest BCUT2D eigenvalue weighted by atomic mass is 35.5. The number of aryl methyl sites for hydroxylation is 2. The molecule has 0 amide bonds. The number of benzene rings is 1. The summed E-state index contributed by atoms with van der Waals surface area (Å²) in [5, 5.41) is 3.07. The summed E-state index contributed by atoms with van der Waals surface area (Å²) in [6.07, 6.45) is -2.50. The zero-order valence-electron chi connectivity index (χ0n) is 13.9. The topological polar surface area (TPSA) is 58.1 Å². The van der Waals surface area contributed by atoms with Gasteiger partial charge in [-0.1, -0.05) is 23.2 Å². The summed E-state index contributed by atoms with van der Waals surface area (Å²) in [6.45, 7) is 1.20. The quantitative estimate of drug-likeness (QED) is 0.768. The summed E-state index contributed by atoms with van der Waals surface area (Å²) in [5.41, 5.74) is 0.400. The molecule has 9 heteroatoms. The van der Waals surface area contributed by atoms with Gasteiger partial charge in [0.15, 0.2) is 0 Å². The molecule has 1 aromatic heterocycles. The molecule has 0 radical (unpaired) electrons. The monoisotopic (exact) mass is 391 g/mol. The molecule has 0 aliphatic carbocycles. The second kappa shape index (κ2) is 7.68. The molecule has 0 bridgehead atoms. The van der Waals surface area contributed by atoms with E-state index in [1.807, 2.05) is 0 Å². The van der Waals surface area contributed by atoms with E-state index in [0.717, 1.165) is 0 Å². The molecule has 0 unspecified atom stereocenters. The first-order valence-electron chi connectivity index (χ1n) is 7.37. The first-order chi connectivity index (χ1) is 11.6. The maximum atomic E-state index is 12.8. The predicted octanol–water partition coefficient (Wildman–Crippen LogP) is 3.26. The molecule has 1 aromatic carbocycles. The van der Waals surface area contributed by atoms with Gasteiger partial charge in [-0.3, -0.25) is 24.3 Å². The van der Waals surface area contributed by atoms with E-state index in [2.05, 4.69) is 5.10 Å². The van der Waals surface area contributed by atoms with Crippen molar-refractivity contribution >= 4 is 29.0 Å². The van der Waals surface area contributed by atoms with E-state index in [-0.39, 0.29) is 27.7 Å². The van der Waals surface area contributed by atoms with Gasteiger partial charge < -0.3 is 0 Å². The van der Waals surface area contributed by atoms with Crippen LogP contribution in [0.1, 0.15) is 27.2 Å². The van der Waals surface area contributed by atoms with Crippen molar-refractivity contribution in [2.45, 2.75) is 19.9 Å². The summed E-state index contributed by atoms with van der Waals surface area (Å²) >= 11 is 12.4. The average Bonchev–Trinajstić information content (AvgIpc) is 2.75. The number of H-pyrrole nitrogens is 1. The Labute approximate surface area is 153 Å². The maximum Gasteiger partial charge on any atom is 0.277 e. The molecular weight excluding hydrogens is 375 g/mol. The van der Waals surface area contributed by atoms with Gasteiger partial charge in [-0.05, 0) is 26.1 Å². The highest BCUT2D eigenvalue weighted by Gasteiger charge is 2.24. The zero-order valence-corrected chi connectivity index (χ0v) is 15.4. The predicted molar refractivity (Wildman–Crippen MR) is 93.0 cm³/mol. The van der Waals surface area contributed by atoms with Crippen LogP contribution >= 0.6 is 23.2 Å². The number of rotatable bonds is 6. The molecule has 0 aliphatic heterocycles. The van der Waals surface area contributed by atoms with E-state index in [1.165, 1.54) is 35.8 Å². The summed E-state index contributed by atoms with van der Waals surface area (Å²) in [6, 6.07) is 2.90. The number of carbonyl (C=O) groups excluding carboxylic acids is 1. The van der Waals surface area contributed by atoms with Gasteiger partial charge >= 0.3 is 0 Å². The van der Waals surface area contributed by atoms with Crippen LogP contribution in [0.3, 0.4) is 0 Å². The minimum Gasteiger partial charge on any atom is -0.299 e. The summed E-state index contributed by atoms with van der Waals surface area (Å²) in [5.74, 6) is -0.543. The van der Waals surface area contributed by atoms with Gasteiger partial charge in [-0.25, -0.2) is 8.78 Å². The third-order valence-corrected chi connectivity index (χ3v) is 4.55. The summed E-state index contributed by atoms with van der Waals surface area (Å²) < 4.78 is 26.2. The SMILES string of the molecule is Cc1[nH]n(C)c(=O)c1C(=O)c1ccc(Cl)c(CN(C)CC(F)F)c1Cl. The van der Waals surface area contributed by atoms with Crippen molar-refractivity contribution in [2.75, 3.05) is 13.6 Å². The van der Waals surface area contributed by atoms with Gasteiger partial charge in [0.2, 0.25) is 5.78 Å². The van der Waals surface area contributed by atoms with Crippen LogP contribution in [0.25, 0.3) is 0 Å². The Hall–Kier alpha value is -1.70. The van der Waals surface area contributed by atoms with Crippen LogP contribution in [0.15, 0.2) is 16.9 Å². The molecule has 1 N–H and O–H groups in total. The lowest BCUT2D eigenvalue weighted by molar-refractivity contribution is 0.0973. The Bertz CT molecular complexity index is 862. The normalized spacial score (nSPS) is 11.6. The van der Waals surface area contributed by atoms with Crippen molar-refractivity contribution in [2.24, 2.45) is 7.05 Å². The molecular formula is C16H17Cl2F2N3O2. The zero-order chi connectivity index (χ0) is 18.9. The van der Waals surface area contributed by atoms with Gasteiger partial charge in [0.05, 0.1) is 11.6 Å². The second-order valence-corrected chi connectivity index (χ2v) is 6.57. The molecule has 0 spiro atoms. The second-order valence-electron chi connectivity index (χ2n) is 5.78. The van der Waals surface area contributed by atoms with Gasteiger partial charge in [0.25, 0.3) is 12.0 Å². The van der Waals surface area contributed by atoms with E-state index in [0.29, 0.717) is 11.3 Å². The van der Waals surface area contributed by atoms with Crippen molar-refractivity contribution in [3.8, 4) is 0 Å². The number of aromatic amines is 1. The number of nitrogens with zero attached hydrogens (tertiary/aromatic N) is 2. The van der Waals surface area contributed by atoms with Crippen molar-refractivity contribution < 1.29 is 13.6 Å². The van der Waals surface area contributed by atoms with Crippen LogP contribution in [-0.4, -0.2) is 40.5 Å². The molecule has 136 valence electrons. The van der Waals surface area contributed by atoms with E-state index >= 15 is 0 Å². The smallest absolute Gasteiger partial charge is 0.277 e.